The zero-order chi connectivity index (χ0) is 16.2. The Morgan fingerprint density at radius 2 is 2.00 bits per heavy atom. The Labute approximate surface area is 143 Å². The molecule has 5 nitrogen and oxygen atoms in total. The van der Waals surface area contributed by atoms with Crippen molar-refractivity contribution in [3.8, 4) is 11.5 Å². The number of hydrogen-bond acceptors (Lipinski definition) is 4. The molecule has 0 aliphatic carbocycles. The van der Waals surface area contributed by atoms with Gasteiger partial charge in [0.2, 0.25) is 5.89 Å². The van der Waals surface area contributed by atoms with Gasteiger partial charge in [-0.05, 0) is 31.4 Å². The van der Waals surface area contributed by atoms with Crippen molar-refractivity contribution in [3.05, 3.63) is 42.3 Å². The summed E-state index contributed by atoms with van der Waals surface area (Å²) in [5.74, 6) is 0.606. The van der Waals surface area contributed by atoms with Gasteiger partial charge >= 0.3 is 0 Å². The van der Waals surface area contributed by atoms with Crippen molar-refractivity contribution >= 4 is 18.3 Å². The summed E-state index contributed by atoms with van der Waals surface area (Å²) in [4.78, 5) is 16.6. The number of carbonyl (C=O) groups excluding carboxylic acids is 1. The molecule has 0 saturated carbocycles. The van der Waals surface area contributed by atoms with Crippen molar-refractivity contribution in [3.63, 3.8) is 0 Å². The smallest absolute Gasteiger partial charge is 0.273 e. The number of nitrogens with two attached hydrogens (primary N) is 1. The van der Waals surface area contributed by atoms with Crippen LogP contribution in [-0.2, 0) is 0 Å². The van der Waals surface area contributed by atoms with Gasteiger partial charge in [0.05, 0.1) is 5.54 Å². The van der Waals surface area contributed by atoms with E-state index in [4.69, 9.17) is 10.2 Å². The standard InChI is InChI=1S/C17H23N3O2.ClH/c1-12(2)9-17(3,11-18)20-15(21)14-10-22-16(19-14)13-7-5-4-6-8-13;/h4-8,10,12H,9,11,18H2,1-3H3,(H,20,21);1H. The normalized spacial score (nSPS) is 13.3. The van der Waals surface area contributed by atoms with Gasteiger partial charge in [-0.2, -0.15) is 0 Å². The third-order valence-electron chi connectivity index (χ3n) is 3.48. The molecule has 2 aromatic rings. The highest BCUT2D eigenvalue weighted by atomic mass is 35.5. The predicted octanol–water partition coefficient (Wildman–Crippen LogP) is 3.26. The van der Waals surface area contributed by atoms with Crippen LogP contribution in [0.15, 0.2) is 41.0 Å². The van der Waals surface area contributed by atoms with Gasteiger partial charge < -0.3 is 15.5 Å². The van der Waals surface area contributed by atoms with Crippen LogP contribution in [0.4, 0.5) is 0 Å². The quantitative estimate of drug-likeness (QED) is 0.847. The molecule has 0 aliphatic heterocycles. The highest BCUT2D eigenvalue weighted by molar-refractivity contribution is 5.93. The SMILES string of the molecule is CC(C)CC(C)(CN)NC(=O)c1coc(-c2ccccc2)n1.Cl. The number of oxazole rings is 1. The van der Waals surface area contributed by atoms with Crippen LogP contribution in [0.3, 0.4) is 0 Å². The van der Waals surface area contributed by atoms with Crippen LogP contribution in [0.5, 0.6) is 0 Å². The van der Waals surface area contributed by atoms with Gasteiger partial charge in [-0.3, -0.25) is 4.79 Å². The molecule has 6 heteroatoms. The van der Waals surface area contributed by atoms with E-state index in [1.807, 2.05) is 37.3 Å². The first-order chi connectivity index (χ1) is 10.4. The molecule has 0 spiro atoms. The van der Waals surface area contributed by atoms with Crippen LogP contribution in [0.1, 0.15) is 37.7 Å². The predicted molar refractivity (Wildman–Crippen MR) is 93.6 cm³/mol. The van der Waals surface area contributed by atoms with Crippen LogP contribution >= 0.6 is 12.4 Å². The largest absolute Gasteiger partial charge is 0.444 e. The Balaban J connectivity index is 0.00000264. The first-order valence-corrected chi connectivity index (χ1v) is 7.47. The fourth-order valence-corrected chi connectivity index (χ4v) is 2.52. The zero-order valence-electron chi connectivity index (χ0n) is 13.7. The van der Waals surface area contributed by atoms with Crippen molar-refractivity contribution in [1.82, 2.24) is 10.3 Å². The Morgan fingerprint density at radius 3 is 2.57 bits per heavy atom. The fourth-order valence-electron chi connectivity index (χ4n) is 2.52. The average molecular weight is 338 g/mol. The van der Waals surface area contributed by atoms with Crippen LogP contribution in [-0.4, -0.2) is 23.0 Å². The van der Waals surface area contributed by atoms with E-state index in [2.05, 4.69) is 24.1 Å². The van der Waals surface area contributed by atoms with E-state index in [0.717, 1.165) is 12.0 Å². The summed E-state index contributed by atoms with van der Waals surface area (Å²) in [6.45, 7) is 6.52. The van der Waals surface area contributed by atoms with Gasteiger partial charge in [-0.15, -0.1) is 12.4 Å². The Kier molecular flexibility index (Phi) is 6.79. The molecule has 1 heterocycles. The molecule has 1 unspecified atom stereocenters. The van der Waals surface area contributed by atoms with E-state index in [-0.39, 0.29) is 24.0 Å². The highest BCUT2D eigenvalue weighted by Gasteiger charge is 2.27. The number of carbonyl (C=O) groups is 1. The van der Waals surface area contributed by atoms with E-state index in [9.17, 15) is 4.79 Å². The lowest BCUT2D eigenvalue weighted by molar-refractivity contribution is 0.0893. The van der Waals surface area contributed by atoms with E-state index in [1.165, 1.54) is 6.26 Å². The third kappa shape index (κ3) is 5.08. The van der Waals surface area contributed by atoms with Crippen molar-refractivity contribution in [2.24, 2.45) is 11.7 Å². The molecule has 1 amide bonds. The van der Waals surface area contributed by atoms with Crippen LogP contribution < -0.4 is 11.1 Å². The second-order valence-electron chi connectivity index (χ2n) is 6.22. The van der Waals surface area contributed by atoms with Crippen molar-refractivity contribution in [2.75, 3.05) is 6.54 Å². The lowest BCUT2D eigenvalue weighted by atomic mass is 9.90. The molecular formula is C17H24ClN3O2. The van der Waals surface area contributed by atoms with Gasteiger partial charge in [0.1, 0.15) is 6.26 Å². The number of aromatic nitrogens is 1. The molecule has 0 aliphatic rings. The van der Waals surface area contributed by atoms with Gasteiger partial charge in [-0.1, -0.05) is 32.0 Å². The number of halogens is 1. The number of hydrogen-bond donors (Lipinski definition) is 2. The summed E-state index contributed by atoms with van der Waals surface area (Å²) in [7, 11) is 0. The van der Waals surface area contributed by atoms with Gasteiger partial charge in [-0.25, -0.2) is 4.98 Å². The van der Waals surface area contributed by atoms with Crippen LogP contribution in [0, 0.1) is 5.92 Å². The maximum atomic E-state index is 12.4. The minimum atomic E-state index is -0.447. The third-order valence-corrected chi connectivity index (χ3v) is 3.48. The summed E-state index contributed by atoms with van der Waals surface area (Å²) in [5.41, 5.74) is 6.48. The molecule has 1 atom stereocenters. The minimum Gasteiger partial charge on any atom is -0.444 e. The molecule has 0 bridgehead atoms. The van der Waals surface area contributed by atoms with Crippen molar-refractivity contribution in [1.29, 1.82) is 0 Å². The zero-order valence-corrected chi connectivity index (χ0v) is 14.5. The topological polar surface area (TPSA) is 81.1 Å². The van der Waals surface area contributed by atoms with Gasteiger partial charge in [0.15, 0.2) is 5.69 Å². The summed E-state index contributed by atoms with van der Waals surface area (Å²) in [6, 6.07) is 9.48. The Hall–Kier alpha value is -1.85. The molecule has 1 aromatic carbocycles. The monoisotopic (exact) mass is 337 g/mol. The number of nitrogens with zero attached hydrogens (tertiary/aromatic N) is 1. The van der Waals surface area contributed by atoms with E-state index >= 15 is 0 Å². The van der Waals surface area contributed by atoms with Crippen molar-refractivity contribution < 1.29 is 9.21 Å². The molecule has 3 N–H and O–H groups in total. The molecular weight excluding hydrogens is 314 g/mol. The molecule has 2 rings (SSSR count). The summed E-state index contributed by atoms with van der Waals surface area (Å²) < 4.78 is 5.40. The number of amides is 1. The van der Waals surface area contributed by atoms with E-state index in [1.54, 1.807) is 0 Å². The number of benzene rings is 1. The first-order valence-electron chi connectivity index (χ1n) is 7.47. The number of rotatable bonds is 6. The lowest BCUT2D eigenvalue weighted by Crippen LogP contribution is -2.52. The minimum absolute atomic E-state index is 0. The number of nitrogens with one attached hydrogen (secondary N) is 1. The average Bonchev–Trinajstić information content (AvgIpc) is 2.97. The Morgan fingerprint density at radius 1 is 1.35 bits per heavy atom. The fraction of sp³-hybridized carbons (Fsp3) is 0.412. The molecule has 23 heavy (non-hydrogen) atoms. The summed E-state index contributed by atoms with van der Waals surface area (Å²) >= 11 is 0. The molecule has 0 fully saturated rings. The van der Waals surface area contributed by atoms with Crippen LogP contribution in [0.2, 0.25) is 0 Å². The molecule has 0 radical (unpaired) electrons. The second-order valence-corrected chi connectivity index (χ2v) is 6.22. The van der Waals surface area contributed by atoms with Crippen LogP contribution in [0.25, 0.3) is 11.5 Å². The first kappa shape index (κ1) is 19.2. The maximum Gasteiger partial charge on any atom is 0.273 e. The Bertz CT molecular complexity index is 628. The van der Waals surface area contributed by atoms with Gasteiger partial charge in [0, 0.05) is 12.1 Å². The maximum absolute atomic E-state index is 12.4. The second kappa shape index (κ2) is 8.13. The summed E-state index contributed by atoms with van der Waals surface area (Å²) in [6.07, 6.45) is 2.18. The molecule has 0 saturated heterocycles. The van der Waals surface area contributed by atoms with E-state index in [0.29, 0.717) is 18.4 Å². The summed E-state index contributed by atoms with van der Waals surface area (Å²) in [5, 5.41) is 2.97. The molecule has 1 aromatic heterocycles. The lowest BCUT2D eigenvalue weighted by Gasteiger charge is -2.30. The highest BCUT2D eigenvalue weighted by Crippen LogP contribution is 2.19. The van der Waals surface area contributed by atoms with Gasteiger partial charge in [0.25, 0.3) is 5.91 Å². The molecule has 126 valence electrons. The van der Waals surface area contributed by atoms with Crippen molar-refractivity contribution in [2.45, 2.75) is 32.7 Å². The van der Waals surface area contributed by atoms with E-state index < -0.39 is 5.54 Å².